The van der Waals surface area contributed by atoms with E-state index in [2.05, 4.69) is 0 Å². The second-order valence-corrected chi connectivity index (χ2v) is 5.07. The molecular formula is C11H16O2S. The molecule has 0 aliphatic carbocycles. The molecule has 1 rings (SSSR count). The van der Waals surface area contributed by atoms with Gasteiger partial charge in [-0.05, 0) is 32.2 Å². The summed E-state index contributed by atoms with van der Waals surface area (Å²) < 4.78 is 5.23. The Morgan fingerprint density at radius 2 is 2.21 bits per heavy atom. The normalized spacial score (nSPS) is 11.7. The van der Waals surface area contributed by atoms with Gasteiger partial charge in [-0.25, -0.2) is 0 Å². The Balaban J connectivity index is 2.73. The summed E-state index contributed by atoms with van der Waals surface area (Å²) in [6.07, 6.45) is 0.432. The van der Waals surface area contributed by atoms with Crippen LogP contribution < -0.4 is 0 Å². The van der Waals surface area contributed by atoms with E-state index in [1.54, 1.807) is 18.4 Å². The number of carbonyl (C=O) groups is 1. The highest BCUT2D eigenvalue weighted by Crippen LogP contribution is 2.21. The van der Waals surface area contributed by atoms with Gasteiger partial charge in [0.25, 0.3) is 0 Å². The third-order valence-corrected chi connectivity index (χ3v) is 3.14. The van der Waals surface area contributed by atoms with Crippen LogP contribution in [-0.4, -0.2) is 18.5 Å². The van der Waals surface area contributed by atoms with Crippen LogP contribution in [-0.2, 0) is 4.74 Å². The molecule has 0 spiro atoms. The van der Waals surface area contributed by atoms with Crippen molar-refractivity contribution in [2.24, 2.45) is 0 Å². The topological polar surface area (TPSA) is 26.3 Å². The first-order chi connectivity index (χ1) is 6.46. The highest BCUT2D eigenvalue weighted by Gasteiger charge is 2.22. The number of methoxy groups -OCH3 is 1. The van der Waals surface area contributed by atoms with Crippen molar-refractivity contribution < 1.29 is 9.53 Å². The molecule has 0 atom stereocenters. The van der Waals surface area contributed by atoms with Gasteiger partial charge < -0.3 is 4.74 Å². The molecule has 0 N–H and O–H groups in total. The monoisotopic (exact) mass is 212 g/mol. The summed E-state index contributed by atoms with van der Waals surface area (Å²) in [7, 11) is 1.63. The van der Waals surface area contributed by atoms with Crippen LogP contribution in [0.15, 0.2) is 11.4 Å². The predicted molar refractivity (Wildman–Crippen MR) is 59.1 cm³/mol. The SMILES string of the molecule is COC(C)(C)CC(=O)c1ccsc1C. The highest BCUT2D eigenvalue weighted by molar-refractivity contribution is 7.10. The Morgan fingerprint density at radius 3 is 2.64 bits per heavy atom. The molecule has 78 valence electrons. The zero-order chi connectivity index (χ0) is 10.8. The third-order valence-electron chi connectivity index (χ3n) is 2.30. The molecule has 0 unspecified atom stereocenters. The van der Waals surface area contributed by atoms with Crippen LogP contribution >= 0.6 is 11.3 Å². The first-order valence-corrected chi connectivity index (χ1v) is 5.47. The number of Topliss-reactive ketones (excluding diaryl/α,β-unsaturated/α-hetero) is 1. The van der Waals surface area contributed by atoms with Crippen molar-refractivity contribution in [1.82, 2.24) is 0 Å². The van der Waals surface area contributed by atoms with Gasteiger partial charge in [-0.15, -0.1) is 11.3 Å². The highest BCUT2D eigenvalue weighted by atomic mass is 32.1. The van der Waals surface area contributed by atoms with Gasteiger partial charge in [-0.1, -0.05) is 0 Å². The summed E-state index contributed by atoms with van der Waals surface area (Å²) in [5.41, 5.74) is 0.464. The first-order valence-electron chi connectivity index (χ1n) is 4.59. The van der Waals surface area contributed by atoms with E-state index >= 15 is 0 Å². The van der Waals surface area contributed by atoms with Crippen molar-refractivity contribution in [2.45, 2.75) is 32.8 Å². The number of hydrogen-bond acceptors (Lipinski definition) is 3. The van der Waals surface area contributed by atoms with Crippen molar-refractivity contribution >= 4 is 17.1 Å². The summed E-state index contributed by atoms with van der Waals surface area (Å²) in [5, 5.41) is 1.95. The summed E-state index contributed by atoms with van der Waals surface area (Å²) in [4.78, 5) is 12.9. The van der Waals surface area contributed by atoms with E-state index < -0.39 is 0 Å². The zero-order valence-corrected chi connectivity index (χ0v) is 9.90. The van der Waals surface area contributed by atoms with Crippen molar-refractivity contribution in [3.8, 4) is 0 Å². The lowest BCUT2D eigenvalue weighted by Crippen LogP contribution is -2.26. The Kier molecular flexibility index (Phi) is 3.45. The van der Waals surface area contributed by atoms with E-state index in [1.165, 1.54) is 0 Å². The second kappa shape index (κ2) is 4.24. The van der Waals surface area contributed by atoms with Crippen LogP contribution in [0.1, 0.15) is 35.5 Å². The van der Waals surface area contributed by atoms with Crippen molar-refractivity contribution in [2.75, 3.05) is 7.11 Å². The van der Waals surface area contributed by atoms with E-state index in [-0.39, 0.29) is 11.4 Å². The van der Waals surface area contributed by atoms with Gasteiger partial charge in [-0.2, -0.15) is 0 Å². The van der Waals surface area contributed by atoms with Gasteiger partial charge in [0.1, 0.15) is 0 Å². The molecule has 0 radical (unpaired) electrons. The fraction of sp³-hybridized carbons (Fsp3) is 0.545. The zero-order valence-electron chi connectivity index (χ0n) is 9.09. The minimum atomic E-state index is -0.370. The number of ketones is 1. The lowest BCUT2D eigenvalue weighted by Gasteiger charge is -2.21. The minimum Gasteiger partial charge on any atom is -0.378 e. The number of rotatable bonds is 4. The molecule has 1 heterocycles. The quantitative estimate of drug-likeness (QED) is 0.717. The fourth-order valence-electron chi connectivity index (χ4n) is 1.23. The molecule has 0 amide bonds. The number of thiophene rings is 1. The van der Waals surface area contributed by atoms with Gasteiger partial charge in [-0.3, -0.25) is 4.79 Å². The van der Waals surface area contributed by atoms with E-state index in [0.29, 0.717) is 6.42 Å². The Bertz CT molecular complexity index is 326. The molecular weight excluding hydrogens is 196 g/mol. The molecule has 0 aliphatic heterocycles. The molecule has 1 aromatic rings. The lowest BCUT2D eigenvalue weighted by atomic mass is 9.98. The molecule has 14 heavy (non-hydrogen) atoms. The second-order valence-electron chi connectivity index (χ2n) is 3.95. The van der Waals surface area contributed by atoms with Gasteiger partial charge in [0.15, 0.2) is 5.78 Å². The Hall–Kier alpha value is -0.670. The average molecular weight is 212 g/mol. The maximum Gasteiger partial charge on any atom is 0.166 e. The molecule has 0 aromatic carbocycles. The molecule has 0 saturated heterocycles. The molecule has 0 bridgehead atoms. The molecule has 0 saturated carbocycles. The van der Waals surface area contributed by atoms with E-state index in [0.717, 1.165) is 10.4 Å². The summed E-state index contributed by atoms with van der Waals surface area (Å²) >= 11 is 1.60. The van der Waals surface area contributed by atoms with E-state index in [4.69, 9.17) is 4.74 Å². The van der Waals surface area contributed by atoms with Crippen LogP contribution in [0.5, 0.6) is 0 Å². The van der Waals surface area contributed by atoms with E-state index in [9.17, 15) is 4.79 Å². The van der Waals surface area contributed by atoms with Crippen molar-refractivity contribution in [3.63, 3.8) is 0 Å². The smallest absolute Gasteiger partial charge is 0.166 e. The number of hydrogen-bond donors (Lipinski definition) is 0. The molecule has 3 heteroatoms. The predicted octanol–water partition coefficient (Wildman–Crippen LogP) is 3.05. The largest absolute Gasteiger partial charge is 0.378 e. The number of ether oxygens (including phenoxy) is 1. The van der Waals surface area contributed by atoms with Crippen LogP contribution in [0.3, 0.4) is 0 Å². The average Bonchev–Trinajstić information content (AvgIpc) is 2.51. The van der Waals surface area contributed by atoms with Crippen LogP contribution in [0, 0.1) is 6.92 Å². The van der Waals surface area contributed by atoms with Crippen LogP contribution in [0.25, 0.3) is 0 Å². The Labute approximate surface area is 88.9 Å². The van der Waals surface area contributed by atoms with Gasteiger partial charge in [0, 0.05) is 24.0 Å². The molecule has 1 aromatic heterocycles. The first kappa shape index (κ1) is 11.4. The minimum absolute atomic E-state index is 0.163. The third kappa shape index (κ3) is 2.66. The Morgan fingerprint density at radius 1 is 1.57 bits per heavy atom. The molecule has 0 aliphatic rings. The van der Waals surface area contributed by atoms with Gasteiger partial charge in [0.2, 0.25) is 0 Å². The van der Waals surface area contributed by atoms with Gasteiger partial charge >= 0.3 is 0 Å². The maximum absolute atomic E-state index is 11.8. The number of carbonyl (C=O) groups excluding carboxylic acids is 1. The molecule has 2 nitrogen and oxygen atoms in total. The maximum atomic E-state index is 11.8. The van der Waals surface area contributed by atoms with Crippen molar-refractivity contribution in [3.05, 3.63) is 21.9 Å². The lowest BCUT2D eigenvalue weighted by molar-refractivity contribution is 0.0172. The number of aryl methyl sites for hydroxylation is 1. The van der Waals surface area contributed by atoms with Crippen LogP contribution in [0.4, 0.5) is 0 Å². The van der Waals surface area contributed by atoms with E-state index in [1.807, 2.05) is 32.2 Å². The van der Waals surface area contributed by atoms with Gasteiger partial charge in [0.05, 0.1) is 5.60 Å². The molecule has 0 fully saturated rings. The summed E-state index contributed by atoms with van der Waals surface area (Å²) in [5.74, 6) is 0.163. The van der Waals surface area contributed by atoms with Crippen molar-refractivity contribution in [1.29, 1.82) is 0 Å². The standard InChI is InChI=1S/C11H16O2S/c1-8-9(5-6-14-8)10(12)7-11(2,3)13-4/h5-6H,7H2,1-4H3. The summed E-state index contributed by atoms with van der Waals surface area (Å²) in [6, 6.07) is 1.88. The fourth-order valence-corrected chi connectivity index (χ4v) is 1.95. The van der Waals surface area contributed by atoms with Crippen LogP contribution in [0.2, 0.25) is 0 Å². The summed E-state index contributed by atoms with van der Waals surface area (Å²) in [6.45, 7) is 5.82.